The first kappa shape index (κ1) is 9.93. The Morgan fingerprint density at radius 1 is 1.33 bits per heavy atom. The Hall–Kier alpha value is -1.61. The monoisotopic (exact) mass is 217 g/mol. The minimum Gasteiger partial charge on any atom is -0.497 e. The largest absolute Gasteiger partial charge is 0.497 e. The van der Waals surface area contributed by atoms with Crippen molar-refractivity contribution in [2.75, 3.05) is 7.11 Å². The fourth-order valence-electron chi connectivity index (χ4n) is 1.19. The van der Waals surface area contributed by atoms with E-state index in [9.17, 15) is 0 Å². The van der Waals surface area contributed by atoms with Crippen molar-refractivity contribution < 1.29 is 4.74 Å². The van der Waals surface area contributed by atoms with E-state index in [1.165, 1.54) is 0 Å². The van der Waals surface area contributed by atoms with Crippen molar-refractivity contribution in [1.29, 1.82) is 0 Å². The Morgan fingerprint density at radius 3 is 3.00 bits per heavy atom. The Kier molecular flexibility index (Phi) is 3.15. The summed E-state index contributed by atoms with van der Waals surface area (Å²) in [5.41, 5.74) is 2.03. The molecule has 2 rings (SSSR count). The Balaban J connectivity index is 2.17. The lowest BCUT2D eigenvalue weighted by molar-refractivity contribution is 0.415. The molecule has 0 spiro atoms. The molecule has 0 unspecified atom stereocenters. The van der Waals surface area contributed by atoms with Crippen LogP contribution < -0.4 is 4.74 Å². The third kappa shape index (κ3) is 2.67. The molecule has 0 radical (unpaired) electrons. The predicted molar refractivity (Wildman–Crippen MR) is 64.6 cm³/mol. The van der Waals surface area contributed by atoms with Gasteiger partial charge >= 0.3 is 0 Å². The molecule has 1 heterocycles. The SMILES string of the molecule is COc1cccc(/N=C/c2ccsc2)c1. The summed E-state index contributed by atoms with van der Waals surface area (Å²) >= 11 is 1.67. The lowest BCUT2D eigenvalue weighted by atomic mass is 10.3. The van der Waals surface area contributed by atoms with E-state index in [2.05, 4.69) is 10.4 Å². The van der Waals surface area contributed by atoms with E-state index in [1.807, 2.05) is 41.9 Å². The maximum atomic E-state index is 5.12. The van der Waals surface area contributed by atoms with E-state index in [1.54, 1.807) is 18.4 Å². The van der Waals surface area contributed by atoms with Crippen LogP contribution in [0.25, 0.3) is 0 Å². The molecule has 0 aliphatic rings. The number of thiophene rings is 1. The van der Waals surface area contributed by atoms with Gasteiger partial charge in [0.05, 0.1) is 12.8 Å². The van der Waals surface area contributed by atoms with Crippen LogP contribution in [0.1, 0.15) is 5.56 Å². The van der Waals surface area contributed by atoms with Gasteiger partial charge < -0.3 is 4.74 Å². The first-order valence-electron chi connectivity index (χ1n) is 4.59. The lowest BCUT2D eigenvalue weighted by Gasteiger charge is -1.99. The van der Waals surface area contributed by atoms with E-state index in [0.717, 1.165) is 17.0 Å². The minimum absolute atomic E-state index is 0.829. The number of hydrogen-bond acceptors (Lipinski definition) is 3. The summed E-state index contributed by atoms with van der Waals surface area (Å²) in [4.78, 5) is 4.36. The molecule has 1 aromatic carbocycles. The van der Waals surface area contributed by atoms with E-state index >= 15 is 0 Å². The van der Waals surface area contributed by atoms with E-state index in [4.69, 9.17) is 4.74 Å². The average molecular weight is 217 g/mol. The molecule has 76 valence electrons. The van der Waals surface area contributed by atoms with Gasteiger partial charge in [0.15, 0.2) is 0 Å². The van der Waals surface area contributed by atoms with Crippen molar-refractivity contribution in [3.8, 4) is 5.75 Å². The summed E-state index contributed by atoms with van der Waals surface area (Å²) in [5, 5.41) is 4.09. The Bertz CT molecular complexity index is 448. The second kappa shape index (κ2) is 4.75. The summed E-state index contributed by atoms with van der Waals surface area (Å²) < 4.78 is 5.12. The van der Waals surface area contributed by atoms with E-state index in [-0.39, 0.29) is 0 Å². The summed E-state index contributed by atoms with van der Waals surface area (Å²) in [7, 11) is 1.65. The van der Waals surface area contributed by atoms with Crippen LogP contribution in [0.2, 0.25) is 0 Å². The molecular weight excluding hydrogens is 206 g/mol. The van der Waals surface area contributed by atoms with E-state index in [0.29, 0.717) is 0 Å². The van der Waals surface area contributed by atoms with Gasteiger partial charge in [-0.3, -0.25) is 4.99 Å². The highest BCUT2D eigenvalue weighted by atomic mass is 32.1. The summed E-state index contributed by atoms with van der Waals surface area (Å²) in [6, 6.07) is 9.73. The maximum absolute atomic E-state index is 5.12. The van der Waals surface area contributed by atoms with Crippen molar-refractivity contribution in [2.24, 2.45) is 4.99 Å². The molecule has 0 atom stereocenters. The number of ether oxygens (including phenoxy) is 1. The van der Waals surface area contributed by atoms with Crippen LogP contribution >= 0.6 is 11.3 Å². The second-order valence-electron chi connectivity index (χ2n) is 3.02. The van der Waals surface area contributed by atoms with Gasteiger partial charge in [-0.15, -0.1) is 0 Å². The maximum Gasteiger partial charge on any atom is 0.121 e. The molecule has 1 aromatic heterocycles. The third-order valence-corrected chi connectivity index (χ3v) is 2.66. The topological polar surface area (TPSA) is 21.6 Å². The molecule has 0 bridgehead atoms. The number of nitrogens with zero attached hydrogens (tertiary/aromatic N) is 1. The second-order valence-corrected chi connectivity index (χ2v) is 3.80. The number of aliphatic imine (C=N–C) groups is 1. The van der Waals surface area contributed by atoms with Gasteiger partial charge in [-0.1, -0.05) is 6.07 Å². The first-order chi connectivity index (χ1) is 7.38. The molecule has 0 fully saturated rings. The van der Waals surface area contributed by atoms with Gasteiger partial charge in [0.1, 0.15) is 5.75 Å². The number of rotatable bonds is 3. The molecule has 0 saturated heterocycles. The zero-order chi connectivity index (χ0) is 10.5. The van der Waals surface area contributed by atoms with Crippen LogP contribution in [0.3, 0.4) is 0 Å². The zero-order valence-electron chi connectivity index (χ0n) is 8.38. The van der Waals surface area contributed by atoms with Crippen LogP contribution in [0.4, 0.5) is 5.69 Å². The molecule has 2 nitrogen and oxygen atoms in total. The summed E-state index contributed by atoms with van der Waals surface area (Å²) in [6.07, 6.45) is 1.85. The van der Waals surface area contributed by atoms with Gasteiger partial charge in [-0.2, -0.15) is 11.3 Å². The van der Waals surface area contributed by atoms with Crippen LogP contribution in [0.5, 0.6) is 5.75 Å². The molecule has 0 saturated carbocycles. The van der Waals surface area contributed by atoms with Crippen LogP contribution in [-0.4, -0.2) is 13.3 Å². The van der Waals surface area contributed by atoms with Gasteiger partial charge in [0.2, 0.25) is 0 Å². The molecule has 0 aliphatic carbocycles. The fourth-order valence-corrected chi connectivity index (χ4v) is 1.80. The molecule has 2 aromatic rings. The first-order valence-corrected chi connectivity index (χ1v) is 5.53. The van der Waals surface area contributed by atoms with Crippen molar-refractivity contribution in [3.63, 3.8) is 0 Å². The highest BCUT2D eigenvalue weighted by Crippen LogP contribution is 2.19. The third-order valence-electron chi connectivity index (χ3n) is 1.96. The summed E-state index contributed by atoms with van der Waals surface area (Å²) in [5.74, 6) is 0.829. The van der Waals surface area contributed by atoms with Gasteiger partial charge in [0.25, 0.3) is 0 Å². The van der Waals surface area contributed by atoms with Gasteiger partial charge in [-0.05, 0) is 29.0 Å². The highest BCUT2D eigenvalue weighted by molar-refractivity contribution is 7.08. The van der Waals surface area contributed by atoms with Crippen LogP contribution in [0.15, 0.2) is 46.1 Å². The van der Waals surface area contributed by atoms with Crippen molar-refractivity contribution >= 4 is 23.2 Å². The highest BCUT2D eigenvalue weighted by Gasteiger charge is 1.92. The van der Waals surface area contributed by atoms with Crippen molar-refractivity contribution in [2.45, 2.75) is 0 Å². The Morgan fingerprint density at radius 2 is 2.27 bits per heavy atom. The van der Waals surface area contributed by atoms with Gasteiger partial charge in [0, 0.05) is 17.8 Å². The standard InChI is InChI=1S/C12H11NOS/c1-14-12-4-2-3-11(7-12)13-8-10-5-6-15-9-10/h2-9H,1H3/b13-8+. The molecule has 0 aliphatic heterocycles. The molecule has 3 heteroatoms. The quantitative estimate of drug-likeness (QED) is 0.721. The fraction of sp³-hybridized carbons (Fsp3) is 0.0833. The molecule has 15 heavy (non-hydrogen) atoms. The normalized spacial score (nSPS) is 10.7. The molecule has 0 amide bonds. The predicted octanol–water partition coefficient (Wildman–Crippen LogP) is 3.51. The van der Waals surface area contributed by atoms with Crippen LogP contribution in [-0.2, 0) is 0 Å². The lowest BCUT2D eigenvalue weighted by Crippen LogP contribution is -1.80. The Labute approximate surface area is 92.9 Å². The van der Waals surface area contributed by atoms with Crippen LogP contribution in [0, 0.1) is 0 Å². The van der Waals surface area contributed by atoms with Crippen molar-refractivity contribution in [1.82, 2.24) is 0 Å². The minimum atomic E-state index is 0.829. The zero-order valence-corrected chi connectivity index (χ0v) is 9.20. The smallest absolute Gasteiger partial charge is 0.121 e. The molecule has 0 N–H and O–H groups in total. The van der Waals surface area contributed by atoms with Crippen molar-refractivity contribution in [3.05, 3.63) is 46.7 Å². The number of methoxy groups -OCH3 is 1. The van der Waals surface area contributed by atoms with Gasteiger partial charge in [-0.25, -0.2) is 0 Å². The summed E-state index contributed by atoms with van der Waals surface area (Å²) in [6.45, 7) is 0. The molecular formula is C12H11NOS. The average Bonchev–Trinajstić information content (AvgIpc) is 2.79. The van der Waals surface area contributed by atoms with E-state index < -0.39 is 0 Å². The number of hydrogen-bond donors (Lipinski definition) is 0. The number of benzene rings is 1.